The largest absolute Gasteiger partial charge is 0.497 e. The van der Waals surface area contributed by atoms with E-state index in [2.05, 4.69) is 34.5 Å². The summed E-state index contributed by atoms with van der Waals surface area (Å²) >= 11 is 0. The Kier molecular flexibility index (Phi) is 5.33. The number of anilines is 1. The summed E-state index contributed by atoms with van der Waals surface area (Å²) in [7, 11) is 1.67. The highest BCUT2D eigenvalue weighted by Gasteiger charge is 2.33. The van der Waals surface area contributed by atoms with Gasteiger partial charge in [0.1, 0.15) is 11.8 Å². The molecule has 142 valence electrons. The molecule has 0 spiro atoms. The smallest absolute Gasteiger partial charge is 0.247 e. The molecule has 1 aliphatic heterocycles. The van der Waals surface area contributed by atoms with Crippen molar-refractivity contribution in [3.8, 4) is 5.75 Å². The summed E-state index contributed by atoms with van der Waals surface area (Å²) in [5.74, 6) is 0.927. The number of fused-ring (bicyclic) bond motifs is 1. The second-order valence-electron chi connectivity index (χ2n) is 7.59. The van der Waals surface area contributed by atoms with Gasteiger partial charge in [-0.25, -0.2) is 0 Å². The molecular weight excluding hydrogens is 336 g/mol. The number of rotatable bonds is 5. The zero-order valence-electron chi connectivity index (χ0n) is 16.0. The van der Waals surface area contributed by atoms with Crippen molar-refractivity contribution in [2.45, 2.75) is 50.6 Å². The Bertz CT molecular complexity index is 781. The molecule has 1 aliphatic carbocycles. The molecule has 0 bridgehead atoms. The fourth-order valence-electron chi connectivity index (χ4n) is 4.42. The maximum absolute atomic E-state index is 13.4. The Hall–Kier alpha value is -2.49. The van der Waals surface area contributed by atoms with Crippen LogP contribution in [0, 0.1) is 0 Å². The molecule has 2 aromatic carbocycles. The molecule has 1 saturated carbocycles. The van der Waals surface area contributed by atoms with E-state index >= 15 is 0 Å². The van der Waals surface area contributed by atoms with Crippen LogP contribution in [0.2, 0.25) is 0 Å². The first-order chi connectivity index (χ1) is 13.3. The third-order valence-corrected chi connectivity index (χ3v) is 5.87. The van der Waals surface area contributed by atoms with Crippen LogP contribution in [0.3, 0.4) is 0 Å². The van der Waals surface area contributed by atoms with Crippen molar-refractivity contribution >= 4 is 11.6 Å². The van der Waals surface area contributed by atoms with E-state index in [0.29, 0.717) is 6.04 Å². The highest BCUT2D eigenvalue weighted by Crippen LogP contribution is 2.36. The first-order valence-electron chi connectivity index (χ1n) is 10.0. The standard InChI is InChI=1S/C23H28N2O2/c1-27-20-13-11-18(12-14-20)22(23(26)24-19-8-3-2-4-9-19)25-16-15-17-7-5-6-10-21(17)25/h5-7,10-14,19,22H,2-4,8-9,15-16H2,1H3,(H,24,26)/t22-/m0/s1. The average molecular weight is 364 g/mol. The summed E-state index contributed by atoms with van der Waals surface area (Å²) in [4.78, 5) is 15.6. The van der Waals surface area contributed by atoms with Gasteiger partial charge in [0.15, 0.2) is 0 Å². The predicted molar refractivity (Wildman–Crippen MR) is 108 cm³/mol. The predicted octanol–water partition coefficient (Wildman–Crippen LogP) is 4.25. The molecule has 4 rings (SSSR count). The number of benzene rings is 2. The number of nitrogens with one attached hydrogen (secondary N) is 1. The van der Waals surface area contributed by atoms with Crippen LogP contribution in [-0.4, -0.2) is 25.6 Å². The van der Waals surface area contributed by atoms with Gasteiger partial charge in [-0.1, -0.05) is 49.6 Å². The molecule has 27 heavy (non-hydrogen) atoms. The molecule has 0 radical (unpaired) electrons. The lowest BCUT2D eigenvalue weighted by Crippen LogP contribution is -2.44. The number of carbonyl (C=O) groups excluding carboxylic acids is 1. The number of hydrogen-bond donors (Lipinski definition) is 1. The highest BCUT2D eigenvalue weighted by atomic mass is 16.5. The van der Waals surface area contributed by atoms with E-state index in [0.717, 1.165) is 37.1 Å². The van der Waals surface area contributed by atoms with Crippen molar-refractivity contribution in [2.24, 2.45) is 0 Å². The minimum Gasteiger partial charge on any atom is -0.497 e. The van der Waals surface area contributed by atoms with E-state index < -0.39 is 0 Å². The number of ether oxygens (including phenoxy) is 1. The van der Waals surface area contributed by atoms with Crippen LogP contribution in [0.25, 0.3) is 0 Å². The van der Waals surface area contributed by atoms with Gasteiger partial charge in [-0.2, -0.15) is 0 Å². The monoisotopic (exact) mass is 364 g/mol. The Labute approximate surface area is 161 Å². The van der Waals surface area contributed by atoms with Crippen LogP contribution >= 0.6 is 0 Å². The van der Waals surface area contributed by atoms with Gasteiger partial charge < -0.3 is 15.0 Å². The number of amides is 1. The first kappa shape index (κ1) is 17.9. The molecule has 1 fully saturated rings. The summed E-state index contributed by atoms with van der Waals surface area (Å²) < 4.78 is 5.30. The van der Waals surface area contributed by atoms with E-state index in [1.54, 1.807) is 7.11 Å². The van der Waals surface area contributed by atoms with E-state index in [4.69, 9.17) is 4.74 Å². The third kappa shape index (κ3) is 3.80. The molecule has 0 saturated heterocycles. The van der Waals surface area contributed by atoms with Crippen LogP contribution in [0.5, 0.6) is 5.75 Å². The lowest BCUT2D eigenvalue weighted by Gasteiger charge is -2.32. The maximum atomic E-state index is 13.4. The SMILES string of the molecule is COc1ccc([C@@H](C(=O)NC2CCCCC2)N2CCc3ccccc32)cc1. The summed E-state index contributed by atoms with van der Waals surface area (Å²) in [5.41, 5.74) is 3.51. The van der Waals surface area contributed by atoms with Gasteiger partial charge in [-0.05, 0) is 48.6 Å². The van der Waals surface area contributed by atoms with E-state index in [9.17, 15) is 4.79 Å². The van der Waals surface area contributed by atoms with Crippen LogP contribution in [0.15, 0.2) is 48.5 Å². The Morgan fingerprint density at radius 2 is 1.81 bits per heavy atom. The van der Waals surface area contributed by atoms with Crippen molar-refractivity contribution < 1.29 is 9.53 Å². The molecule has 4 nitrogen and oxygen atoms in total. The molecular formula is C23H28N2O2. The molecule has 2 aliphatic rings. The zero-order valence-corrected chi connectivity index (χ0v) is 16.0. The second kappa shape index (κ2) is 8.03. The Morgan fingerprint density at radius 3 is 2.56 bits per heavy atom. The van der Waals surface area contributed by atoms with Crippen LogP contribution in [-0.2, 0) is 11.2 Å². The molecule has 0 aromatic heterocycles. The zero-order chi connectivity index (χ0) is 18.6. The van der Waals surface area contributed by atoms with Gasteiger partial charge in [-0.15, -0.1) is 0 Å². The summed E-state index contributed by atoms with van der Waals surface area (Å²) in [5, 5.41) is 3.34. The lowest BCUT2D eigenvalue weighted by atomic mass is 9.94. The maximum Gasteiger partial charge on any atom is 0.247 e. The number of carbonyl (C=O) groups is 1. The highest BCUT2D eigenvalue weighted by molar-refractivity contribution is 5.87. The van der Waals surface area contributed by atoms with Gasteiger partial charge in [0, 0.05) is 18.3 Å². The Balaban J connectivity index is 1.63. The van der Waals surface area contributed by atoms with Crippen LogP contribution < -0.4 is 15.0 Å². The molecule has 0 unspecified atom stereocenters. The fourth-order valence-corrected chi connectivity index (χ4v) is 4.42. The van der Waals surface area contributed by atoms with Crippen molar-refractivity contribution in [3.05, 3.63) is 59.7 Å². The normalized spacial score (nSPS) is 18.0. The topological polar surface area (TPSA) is 41.6 Å². The van der Waals surface area contributed by atoms with Crippen molar-refractivity contribution in [1.82, 2.24) is 5.32 Å². The minimum atomic E-state index is -0.304. The summed E-state index contributed by atoms with van der Waals surface area (Å²) in [6.45, 7) is 0.869. The van der Waals surface area contributed by atoms with Gasteiger partial charge in [0.25, 0.3) is 0 Å². The van der Waals surface area contributed by atoms with Crippen LogP contribution in [0.4, 0.5) is 5.69 Å². The van der Waals surface area contributed by atoms with E-state index in [1.165, 1.54) is 30.5 Å². The molecule has 1 atom stereocenters. The van der Waals surface area contributed by atoms with Crippen molar-refractivity contribution in [1.29, 1.82) is 0 Å². The van der Waals surface area contributed by atoms with Gasteiger partial charge in [-0.3, -0.25) is 4.79 Å². The van der Waals surface area contributed by atoms with Gasteiger partial charge in [0.2, 0.25) is 5.91 Å². The van der Waals surface area contributed by atoms with Crippen molar-refractivity contribution in [2.75, 3.05) is 18.6 Å². The minimum absolute atomic E-state index is 0.115. The van der Waals surface area contributed by atoms with Gasteiger partial charge >= 0.3 is 0 Å². The molecule has 1 N–H and O–H groups in total. The van der Waals surface area contributed by atoms with Crippen LogP contribution in [0.1, 0.15) is 49.3 Å². The fraction of sp³-hybridized carbons (Fsp3) is 0.435. The third-order valence-electron chi connectivity index (χ3n) is 5.87. The molecule has 2 aromatic rings. The molecule has 1 heterocycles. The van der Waals surface area contributed by atoms with E-state index in [-0.39, 0.29) is 11.9 Å². The summed E-state index contributed by atoms with van der Waals surface area (Å²) in [6.07, 6.45) is 6.89. The molecule has 1 amide bonds. The number of para-hydroxylation sites is 1. The number of hydrogen-bond acceptors (Lipinski definition) is 3. The number of methoxy groups -OCH3 is 1. The first-order valence-corrected chi connectivity index (χ1v) is 10.0. The van der Waals surface area contributed by atoms with Gasteiger partial charge in [0.05, 0.1) is 7.11 Å². The molecule has 4 heteroatoms. The average Bonchev–Trinajstić information content (AvgIpc) is 3.13. The second-order valence-corrected chi connectivity index (χ2v) is 7.59. The Morgan fingerprint density at radius 1 is 1.07 bits per heavy atom. The van der Waals surface area contributed by atoms with Crippen molar-refractivity contribution in [3.63, 3.8) is 0 Å². The lowest BCUT2D eigenvalue weighted by molar-refractivity contribution is -0.123. The summed E-state index contributed by atoms with van der Waals surface area (Å²) in [6, 6.07) is 16.4. The number of nitrogens with zero attached hydrogens (tertiary/aromatic N) is 1. The van der Waals surface area contributed by atoms with E-state index in [1.807, 2.05) is 24.3 Å². The quantitative estimate of drug-likeness (QED) is 0.862.